The Balaban J connectivity index is 1.76. The number of aromatic nitrogens is 1. The Hall–Kier alpha value is -2.69. The predicted molar refractivity (Wildman–Crippen MR) is 130 cm³/mol. The summed E-state index contributed by atoms with van der Waals surface area (Å²) in [5, 5.41) is 2.93. The van der Waals surface area contributed by atoms with Crippen molar-refractivity contribution in [1.82, 2.24) is 19.1 Å². The summed E-state index contributed by atoms with van der Waals surface area (Å²) in [6.45, 7) is 6.10. The molecular weight excluding hydrogens is 456 g/mol. The van der Waals surface area contributed by atoms with Crippen LogP contribution in [0.3, 0.4) is 0 Å². The van der Waals surface area contributed by atoms with Crippen molar-refractivity contribution in [2.75, 3.05) is 39.8 Å². The minimum absolute atomic E-state index is 0.00688. The highest BCUT2D eigenvalue weighted by atomic mass is 32.2. The van der Waals surface area contributed by atoms with E-state index in [1.165, 1.54) is 22.6 Å². The lowest BCUT2D eigenvalue weighted by atomic mass is 10.0. The molecule has 9 nitrogen and oxygen atoms in total. The van der Waals surface area contributed by atoms with E-state index in [2.05, 4.69) is 10.2 Å². The molecule has 34 heavy (non-hydrogen) atoms. The number of nitrogens with zero attached hydrogens (tertiary/aromatic N) is 3. The Morgan fingerprint density at radius 1 is 1.12 bits per heavy atom. The third-order valence-electron chi connectivity index (χ3n) is 6.19. The van der Waals surface area contributed by atoms with Crippen LogP contribution in [0, 0.1) is 0 Å². The van der Waals surface area contributed by atoms with Crippen molar-refractivity contribution in [1.29, 1.82) is 0 Å². The molecule has 1 saturated heterocycles. The summed E-state index contributed by atoms with van der Waals surface area (Å²) >= 11 is 0. The molecule has 3 rings (SSSR count). The van der Waals surface area contributed by atoms with Crippen LogP contribution < -0.4 is 15.6 Å². The van der Waals surface area contributed by atoms with Crippen molar-refractivity contribution in [2.45, 2.75) is 44.2 Å². The quantitative estimate of drug-likeness (QED) is 0.516. The number of ether oxygens (including phenoxy) is 1. The van der Waals surface area contributed by atoms with Crippen LogP contribution in [0.15, 0.2) is 52.3 Å². The maximum Gasteiger partial charge on any atom is 0.251 e. The van der Waals surface area contributed by atoms with Gasteiger partial charge in [-0.25, -0.2) is 8.42 Å². The van der Waals surface area contributed by atoms with Crippen molar-refractivity contribution in [2.24, 2.45) is 0 Å². The van der Waals surface area contributed by atoms with Crippen LogP contribution in [-0.2, 0) is 21.4 Å². The fourth-order valence-corrected chi connectivity index (χ4v) is 5.83. The Morgan fingerprint density at radius 2 is 1.79 bits per heavy atom. The van der Waals surface area contributed by atoms with Gasteiger partial charge in [-0.05, 0) is 38.1 Å². The lowest BCUT2D eigenvalue weighted by Gasteiger charge is -2.29. The second kappa shape index (κ2) is 11.6. The number of carbonyl (C=O) groups is 1. The molecule has 1 fully saturated rings. The average molecular weight is 491 g/mol. The monoisotopic (exact) mass is 490 g/mol. The summed E-state index contributed by atoms with van der Waals surface area (Å²) in [7, 11) is -2.11. The molecule has 0 radical (unpaired) electrons. The number of para-hydroxylation sites is 1. The number of methoxy groups -OCH3 is 1. The van der Waals surface area contributed by atoms with Crippen LogP contribution in [0.1, 0.15) is 38.3 Å². The van der Waals surface area contributed by atoms with Gasteiger partial charge in [0.15, 0.2) is 0 Å². The highest BCUT2D eigenvalue weighted by Crippen LogP contribution is 2.31. The molecule has 1 aromatic heterocycles. The SMILES string of the molecule is CCN(CC)S(=O)(=O)c1ccc(=O)n(CC(=O)NCC(c2ccccc2OC)N2CCCC2)c1. The fraction of sp³-hybridized carbons (Fsp3) is 0.500. The van der Waals surface area contributed by atoms with E-state index >= 15 is 0 Å². The van der Waals surface area contributed by atoms with E-state index in [1.807, 2.05) is 24.3 Å². The number of benzene rings is 1. The zero-order valence-electron chi connectivity index (χ0n) is 20.1. The van der Waals surface area contributed by atoms with Gasteiger partial charge < -0.3 is 14.6 Å². The standard InChI is InChI=1S/C24H34N4O5S/c1-4-28(5-2)34(31,32)19-12-13-24(30)27(17-19)18-23(29)25-16-21(26-14-8-9-15-26)20-10-6-7-11-22(20)33-3/h6-7,10-13,17,21H,4-5,8-9,14-16,18H2,1-3H3,(H,25,29). The van der Waals surface area contributed by atoms with Crippen LogP contribution >= 0.6 is 0 Å². The molecule has 1 amide bonds. The zero-order chi connectivity index (χ0) is 24.7. The third kappa shape index (κ3) is 5.86. The minimum Gasteiger partial charge on any atom is -0.496 e. The summed E-state index contributed by atoms with van der Waals surface area (Å²) in [6, 6.07) is 10.2. The smallest absolute Gasteiger partial charge is 0.251 e. The Labute approximate surface area is 201 Å². The molecular formula is C24H34N4O5S. The van der Waals surface area contributed by atoms with Gasteiger partial charge in [0.1, 0.15) is 12.3 Å². The summed E-state index contributed by atoms with van der Waals surface area (Å²) in [4.78, 5) is 27.5. The molecule has 1 aromatic carbocycles. The van der Waals surface area contributed by atoms with Crippen LogP contribution in [-0.4, -0.2) is 67.9 Å². The average Bonchev–Trinajstić information content (AvgIpc) is 3.36. The van der Waals surface area contributed by atoms with Crippen LogP contribution in [0.5, 0.6) is 5.75 Å². The first-order valence-corrected chi connectivity index (χ1v) is 13.1. The molecule has 186 valence electrons. The summed E-state index contributed by atoms with van der Waals surface area (Å²) in [5.74, 6) is 0.401. The molecule has 0 saturated carbocycles. The van der Waals surface area contributed by atoms with Crippen molar-refractivity contribution in [3.63, 3.8) is 0 Å². The van der Waals surface area contributed by atoms with E-state index in [0.29, 0.717) is 19.6 Å². The third-order valence-corrected chi connectivity index (χ3v) is 8.22. The predicted octanol–water partition coefficient (Wildman–Crippen LogP) is 1.84. The number of carbonyl (C=O) groups excluding carboxylic acids is 1. The van der Waals surface area contributed by atoms with Crippen LogP contribution in [0.4, 0.5) is 0 Å². The molecule has 0 bridgehead atoms. The number of sulfonamides is 1. The molecule has 1 aliphatic rings. The number of likely N-dealkylation sites (tertiary alicyclic amines) is 1. The van der Waals surface area contributed by atoms with Crippen LogP contribution in [0.25, 0.3) is 0 Å². The Morgan fingerprint density at radius 3 is 2.44 bits per heavy atom. The van der Waals surface area contributed by atoms with Gasteiger partial charge in [0.25, 0.3) is 5.56 Å². The molecule has 0 aliphatic carbocycles. The number of amides is 1. The molecule has 2 aromatic rings. The Kier molecular flexibility index (Phi) is 8.87. The van der Waals surface area contributed by atoms with Gasteiger partial charge in [-0.3, -0.25) is 14.5 Å². The highest BCUT2D eigenvalue weighted by Gasteiger charge is 2.27. The van der Waals surface area contributed by atoms with Crippen molar-refractivity contribution in [3.05, 3.63) is 58.5 Å². The van der Waals surface area contributed by atoms with Gasteiger partial charge in [-0.2, -0.15) is 4.31 Å². The summed E-state index contributed by atoms with van der Waals surface area (Å²) < 4.78 is 33.6. The van der Waals surface area contributed by atoms with E-state index < -0.39 is 15.6 Å². The first-order chi connectivity index (χ1) is 16.3. The van der Waals surface area contributed by atoms with E-state index in [4.69, 9.17) is 4.74 Å². The summed E-state index contributed by atoms with van der Waals surface area (Å²) in [6.07, 6.45) is 3.44. The molecule has 1 N–H and O–H groups in total. The number of pyridine rings is 1. The lowest BCUT2D eigenvalue weighted by Crippen LogP contribution is -2.39. The highest BCUT2D eigenvalue weighted by molar-refractivity contribution is 7.89. The van der Waals surface area contributed by atoms with E-state index in [0.717, 1.165) is 41.8 Å². The molecule has 2 heterocycles. The van der Waals surface area contributed by atoms with Crippen molar-refractivity contribution in [3.8, 4) is 5.75 Å². The maximum atomic E-state index is 12.8. The van der Waals surface area contributed by atoms with Gasteiger partial charge in [-0.1, -0.05) is 32.0 Å². The van der Waals surface area contributed by atoms with E-state index in [9.17, 15) is 18.0 Å². The molecule has 10 heteroatoms. The number of nitrogens with one attached hydrogen (secondary N) is 1. The largest absolute Gasteiger partial charge is 0.496 e. The number of rotatable bonds is 11. The molecule has 0 spiro atoms. The summed E-state index contributed by atoms with van der Waals surface area (Å²) in [5.41, 5.74) is 0.561. The van der Waals surface area contributed by atoms with E-state index in [-0.39, 0.29) is 23.4 Å². The van der Waals surface area contributed by atoms with Gasteiger partial charge in [-0.15, -0.1) is 0 Å². The first kappa shape index (κ1) is 25.9. The van der Waals surface area contributed by atoms with Crippen molar-refractivity contribution < 1.29 is 17.9 Å². The fourth-order valence-electron chi connectivity index (χ4n) is 4.35. The van der Waals surface area contributed by atoms with Crippen LogP contribution in [0.2, 0.25) is 0 Å². The topological polar surface area (TPSA) is 101 Å². The second-order valence-corrected chi connectivity index (χ2v) is 10.2. The zero-order valence-corrected chi connectivity index (χ0v) is 20.9. The second-order valence-electron chi connectivity index (χ2n) is 8.23. The maximum absolute atomic E-state index is 12.8. The number of hydrogen-bond acceptors (Lipinski definition) is 6. The molecule has 1 atom stereocenters. The lowest BCUT2D eigenvalue weighted by molar-refractivity contribution is -0.122. The van der Waals surface area contributed by atoms with Gasteiger partial charge in [0, 0.05) is 37.5 Å². The minimum atomic E-state index is -3.74. The Bertz CT molecular complexity index is 1140. The molecule has 1 unspecified atom stereocenters. The van der Waals surface area contributed by atoms with Gasteiger partial charge >= 0.3 is 0 Å². The molecule has 1 aliphatic heterocycles. The normalized spacial score (nSPS) is 15.4. The van der Waals surface area contributed by atoms with Crippen molar-refractivity contribution >= 4 is 15.9 Å². The number of hydrogen-bond donors (Lipinski definition) is 1. The first-order valence-electron chi connectivity index (χ1n) is 11.7. The van der Waals surface area contributed by atoms with Gasteiger partial charge in [0.2, 0.25) is 15.9 Å². The van der Waals surface area contributed by atoms with E-state index in [1.54, 1.807) is 21.0 Å². The van der Waals surface area contributed by atoms with Gasteiger partial charge in [0.05, 0.1) is 18.0 Å².